The highest BCUT2D eigenvalue weighted by Crippen LogP contribution is 2.09. The maximum Gasteiger partial charge on any atom is 0.234 e. The number of amides is 1. The summed E-state index contributed by atoms with van der Waals surface area (Å²) in [4.78, 5) is 16.5. The molecule has 0 atom stereocenters. The Morgan fingerprint density at radius 1 is 1.28 bits per heavy atom. The van der Waals surface area contributed by atoms with E-state index in [1.165, 1.54) is 0 Å². The molecule has 0 unspecified atom stereocenters. The van der Waals surface area contributed by atoms with E-state index in [9.17, 15) is 4.79 Å². The quantitative estimate of drug-likeness (QED) is 0.627. The normalized spacial score (nSPS) is 22.7. The third-order valence-corrected chi connectivity index (χ3v) is 3.90. The van der Waals surface area contributed by atoms with Gasteiger partial charge in [-0.3, -0.25) is 14.6 Å². The fourth-order valence-electron chi connectivity index (χ4n) is 2.48. The highest BCUT2D eigenvalue weighted by atomic mass is 16.2. The molecular weight excluding hydrogens is 228 g/mol. The van der Waals surface area contributed by atoms with Gasteiger partial charge in [-0.05, 0) is 6.42 Å². The van der Waals surface area contributed by atoms with Crippen LogP contribution in [0.5, 0.6) is 0 Å². The second kappa shape index (κ2) is 7.07. The number of carbonyl (C=O) groups excluding carboxylic acids is 1. The Morgan fingerprint density at radius 3 is 2.56 bits per heavy atom. The lowest BCUT2D eigenvalue weighted by Crippen LogP contribution is -2.62. The van der Waals surface area contributed by atoms with Crippen molar-refractivity contribution in [2.45, 2.75) is 25.8 Å². The van der Waals surface area contributed by atoms with Gasteiger partial charge >= 0.3 is 0 Å². The predicted molar refractivity (Wildman–Crippen MR) is 72.6 cm³/mol. The summed E-state index contributed by atoms with van der Waals surface area (Å²) in [5, 5.41) is 6.29. The molecule has 5 nitrogen and oxygen atoms in total. The molecule has 0 aromatic carbocycles. The van der Waals surface area contributed by atoms with Crippen LogP contribution in [0.15, 0.2) is 0 Å². The Labute approximate surface area is 110 Å². The summed E-state index contributed by atoms with van der Waals surface area (Å²) < 4.78 is 0. The number of hydrogen-bond acceptors (Lipinski definition) is 4. The summed E-state index contributed by atoms with van der Waals surface area (Å²) in [5.74, 6) is 0.183. The van der Waals surface area contributed by atoms with Crippen LogP contribution in [0, 0.1) is 0 Å². The van der Waals surface area contributed by atoms with Crippen LogP contribution < -0.4 is 10.6 Å². The largest absolute Gasteiger partial charge is 0.355 e. The Morgan fingerprint density at radius 2 is 2.00 bits per heavy atom. The maximum absolute atomic E-state index is 11.7. The van der Waals surface area contributed by atoms with E-state index in [2.05, 4.69) is 27.4 Å². The Kier molecular flexibility index (Phi) is 5.41. The molecule has 2 aliphatic rings. The van der Waals surface area contributed by atoms with Crippen molar-refractivity contribution in [3.63, 3.8) is 0 Å². The predicted octanol–water partition coefficient (Wildman–Crippen LogP) is -0.508. The van der Waals surface area contributed by atoms with Crippen molar-refractivity contribution in [2.24, 2.45) is 0 Å². The van der Waals surface area contributed by atoms with Crippen molar-refractivity contribution in [1.82, 2.24) is 20.4 Å². The molecule has 2 N–H and O–H groups in total. The van der Waals surface area contributed by atoms with Crippen LogP contribution in [-0.4, -0.2) is 74.1 Å². The van der Waals surface area contributed by atoms with Crippen molar-refractivity contribution in [3.05, 3.63) is 0 Å². The molecule has 2 fully saturated rings. The molecule has 0 spiro atoms. The Balaban J connectivity index is 1.59. The molecule has 0 aromatic rings. The molecule has 2 heterocycles. The van der Waals surface area contributed by atoms with E-state index in [-0.39, 0.29) is 5.91 Å². The SMILES string of the molecule is CCCCNC(=O)CN1CCN(C2CNC2)CC1. The van der Waals surface area contributed by atoms with Crippen molar-refractivity contribution in [1.29, 1.82) is 0 Å². The zero-order chi connectivity index (χ0) is 12.8. The number of carbonyl (C=O) groups is 1. The van der Waals surface area contributed by atoms with Gasteiger partial charge in [-0.15, -0.1) is 0 Å². The van der Waals surface area contributed by atoms with Crippen LogP contribution in [0.2, 0.25) is 0 Å². The lowest BCUT2D eigenvalue weighted by Gasteiger charge is -2.43. The molecule has 0 aliphatic carbocycles. The van der Waals surface area contributed by atoms with Crippen LogP contribution >= 0.6 is 0 Å². The van der Waals surface area contributed by atoms with Crippen LogP contribution in [0.3, 0.4) is 0 Å². The van der Waals surface area contributed by atoms with Gasteiger partial charge < -0.3 is 10.6 Å². The number of hydrogen-bond donors (Lipinski definition) is 2. The van der Waals surface area contributed by atoms with Crippen LogP contribution in [0.25, 0.3) is 0 Å². The van der Waals surface area contributed by atoms with Gasteiger partial charge in [-0.2, -0.15) is 0 Å². The lowest BCUT2D eigenvalue weighted by molar-refractivity contribution is -0.122. The monoisotopic (exact) mass is 254 g/mol. The molecule has 2 aliphatic heterocycles. The third kappa shape index (κ3) is 3.93. The minimum atomic E-state index is 0.183. The zero-order valence-electron chi connectivity index (χ0n) is 11.5. The summed E-state index contributed by atoms with van der Waals surface area (Å²) in [7, 11) is 0. The molecule has 0 aromatic heterocycles. The first-order valence-electron chi connectivity index (χ1n) is 7.23. The van der Waals surface area contributed by atoms with Gasteiger partial charge in [0.1, 0.15) is 0 Å². The van der Waals surface area contributed by atoms with Crippen LogP contribution in [0.4, 0.5) is 0 Å². The molecule has 0 saturated carbocycles. The first-order chi connectivity index (χ1) is 8.79. The highest BCUT2D eigenvalue weighted by molar-refractivity contribution is 5.77. The molecule has 0 bridgehead atoms. The Bertz CT molecular complexity index is 260. The molecule has 2 rings (SSSR count). The topological polar surface area (TPSA) is 47.6 Å². The third-order valence-electron chi connectivity index (χ3n) is 3.90. The van der Waals surface area contributed by atoms with Gasteiger partial charge in [-0.25, -0.2) is 0 Å². The number of piperazine rings is 1. The van der Waals surface area contributed by atoms with E-state index in [0.717, 1.165) is 64.7 Å². The van der Waals surface area contributed by atoms with E-state index in [0.29, 0.717) is 6.54 Å². The zero-order valence-corrected chi connectivity index (χ0v) is 11.5. The van der Waals surface area contributed by atoms with E-state index < -0.39 is 0 Å². The summed E-state index contributed by atoms with van der Waals surface area (Å²) >= 11 is 0. The smallest absolute Gasteiger partial charge is 0.234 e. The fourth-order valence-corrected chi connectivity index (χ4v) is 2.48. The number of rotatable bonds is 6. The number of unbranched alkanes of at least 4 members (excludes halogenated alkanes) is 1. The van der Waals surface area contributed by atoms with E-state index in [1.807, 2.05) is 0 Å². The fraction of sp³-hybridized carbons (Fsp3) is 0.923. The second-order valence-electron chi connectivity index (χ2n) is 5.33. The first kappa shape index (κ1) is 13.8. The number of nitrogens with one attached hydrogen (secondary N) is 2. The standard InChI is InChI=1S/C13H26N4O/c1-2-3-4-15-13(18)11-16-5-7-17(8-6-16)12-9-14-10-12/h12,14H,2-11H2,1H3,(H,15,18). The van der Waals surface area contributed by atoms with Crippen molar-refractivity contribution in [2.75, 3.05) is 52.4 Å². The average Bonchev–Trinajstić information content (AvgIpc) is 2.30. The molecule has 0 radical (unpaired) electrons. The summed E-state index contributed by atoms with van der Waals surface area (Å²) in [6.07, 6.45) is 2.21. The minimum Gasteiger partial charge on any atom is -0.355 e. The van der Waals surface area contributed by atoms with Crippen molar-refractivity contribution < 1.29 is 4.79 Å². The van der Waals surface area contributed by atoms with Crippen molar-refractivity contribution in [3.8, 4) is 0 Å². The van der Waals surface area contributed by atoms with Crippen LogP contribution in [0.1, 0.15) is 19.8 Å². The maximum atomic E-state index is 11.7. The molecule has 5 heteroatoms. The summed E-state index contributed by atoms with van der Waals surface area (Å²) in [6.45, 7) is 10.1. The molecule has 18 heavy (non-hydrogen) atoms. The van der Waals surface area contributed by atoms with E-state index in [4.69, 9.17) is 0 Å². The van der Waals surface area contributed by atoms with Gasteiger partial charge in [-0.1, -0.05) is 13.3 Å². The molecule has 2 saturated heterocycles. The van der Waals surface area contributed by atoms with Gasteiger partial charge in [0.2, 0.25) is 5.91 Å². The molecule has 104 valence electrons. The summed E-state index contributed by atoms with van der Waals surface area (Å²) in [6, 6.07) is 0.741. The van der Waals surface area contributed by atoms with Gasteiger partial charge in [0.15, 0.2) is 0 Å². The average molecular weight is 254 g/mol. The summed E-state index contributed by atoms with van der Waals surface area (Å²) in [5.41, 5.74) is 0. The lowest BCUT2D eigenvalue weighted by atomic mass is 10.1. The first-order valence-corrected chi connectivity index (χ1v) is 7.23. The van der Waals surface area contributed by atoms with Gasteiger partial charge in [0.25, 0.3) is 0 Å². The minimum absolute atomic E-state index is 0.183. The molecular formula is C13H26N4O. The van der Waals surface area contributed by atoms with Crippen molar-refractivity contribution >= 4 is 5.91 Å². The second-order valence-corrected chi connectivity index (χ2v) is 5.33. The Hall–Kier alpha value is -0.650. The van der Waals surface area contributed by atoms with E-state index >= 15 is 0 Å². The van der Waals surface area contributed by atoms with Gasteiger partial charge in [0, 0.05) is 51.9 Å². The molecule has 1 amide bonds. The van der Waals surface area contributed by atoms with E-state index in [1.54, 1.807) is 0 Å². The van der Waals surface area contributed by atoms with Gasteiger partial charge in [0.05, 0.1) is 6.54 Å². The highest BCUT2D eigenvalue weighted by Gasteiger charge is 2.27. The van der Waals surface area contributed by atoms with Crippen LogP contribution in [-0.2, 0) is 4.79 Å². The number of nitrogens with zero attached hydrogens (tertiary/aromatic N) is 2.